The van der Waals surface area contributed by atoms with Crippen molar-refractivity contribution in [3.63, 3.8) is 0 Å². The summed E-state index contributed by atoms with van der Waals surface area (Å²) in [6.07, 6.45) is 5.26. The molecule has 1 saturated carbocycles. The molecule has 4 heteroatoms. The molecule has 0 radical (unpaired) electrons. The van der Waals surface area contributed by atoms with Crippen molar-refractivity contribution in [3.05, 3.63) is 35.9 Å². The second-order valence-electron chi connectivity index (χ2n) is 5.63. The summed E-state index contributed by atoms with van der Waals surface area (Å²) in [5.41, 5.74) is 0.988. The van der Waals surface area contributed by atoms with Crippen LogP contribution in [0, 0.1) is 0 Å². The van der Waals surface area contributed by atoms with Crippen LogP contribution in [0.3, 0.4) is 0 Å². The van der Waals surface area contributed by atoms with Crippen LogP contribution in [-0.2, 0) is 20.7 Å². The fourth-order valence-electron chi connectivity index (χ4n) is 2.76. The zero-order chi connectivity index (χ0) is 15.1. The van der Waals surface area contributed by atoms with E-state index in [2.05, 4.69) is 5.32 Å². The summed E-state index contributed by atoms with van der Waals surface area (Å²) in [5.74, 6) is -0.601. The Bertz CT molecular complexity index is 466. The molecule has 1 N–H and O–H groups in total. The molecule has 0 spiro atoms. The van der Waals surface area contributed by atoms with Crippen molar-refractivity contribution in [3.8, 4) is 0 Å². The first-order valence-electron chi connectivity index (χ1n) is 7.66. The lowest BCUT2D eigenvalue weighted by atomic mass is 9.95. The predicted molar refractivity (Wildman–Crippen MR) is 80.7 cm³/mol. The lowest BCUT2D eigenvalue weighted by Gasteiger charge is -2.25. The second-order valence-corrected chi connectivity index (χ2v) is 5.63. The molecule has 0 saturated heterocycles. The zero-order valence-corrected chi connectivity index (χ0v) is 12.5. The van der Waals surface area contributed by atoms with Crippen LogP contribution in [-0.4, -0.2) is 24.0 Å². The van der Waals surface area contributed by atoms with Crippen LogP contribution in [0.1, 0.15) is 44.6 Å². The number of hydrogen-bond donors (Lipinski definition) is 1. The lowest BCUT2D eigenvalue weighted by Crippen LogP contribution is -2.44. The topological polar surface area (TPSA) is 55.4 Å². The molecule has 1 atom stereocenters. The molecule has 0 aliphatic heterocycles. The first-order valence-corrected chi connectivity index (χ1v) is 7.66. The Labute approximate surface area is 125 Å². The van der Waals surface area contributed by atoms with E-state index >= 15 is 0 Å². The minimum atomic E-state index is -0.744. The van der Waals surface area contributed by atoms with E-state index in [1.165, 1.54) is 13.3 Å². The number of amides is 1. The van der Waals surface area contributed by atoms with E-state index in [1.807, 2.05) is 30.3 Å². The molecule has 4 nitrogen and oxygen atoms in total. The van der Waals surface area contributed by atoms with Crippen molar-refractivity contribution >= 4 is 11.9 Å². The van der Waals surface area contributed by atoms with Gasteiger partial charge in [0, 0.05) is 19.4 Å². The van der Waals surface area contributed by atoms with E-state index in [0.717, 1.165) is 31.2 Å². The largest absolute Gasteiger partial charge is 0.452 e. The summed E-state index contributed by atoms with van der Waals surface area (Å²) < 4.78 is 5.21. The number of ether oxygens (including phenoxy) is 1. The minimum absolute atomic E-state index is 0.180. The molecule has 1 aromatic rings. The number of hydrogen-bond acceptors (Lipinski definition) is 3. The van der Waals surface area contributed by atoms with Gasteiger partial charge in [-0.1, -0.05) is 49.6 Å². The van der Waals surface area contributed by atoms with Crippen molar-refractivity contribution in [2.45, 2.75) is 57.6 Å². The van der Waals surface area contributed by atoms with Crippen LogP contribution in [0.15, 0.2) is 30.3 Å². The SMILES string of the molecule is CC(=O)OC(Cc1ccccc1)C(=O)NC1CCCCC1. The van der Waals surface area contributed by atoms with Gasteiger partial charge in [0.25, 0.3) is 5.91 Å². The Morgan fingerprint density at radius 3 is 2.48 bits per heavy atom. The van der Waals surface area contributed by atoms with Gasteiger partial charge in [-0.15, -0.1) is 0 Å². The third kappa shape index (κ3) is 5.21. The highest BCUT2D eigenvalue weighted by molar-refractivity contribution is 5.83. The molecule has 21 heavy (non-hydrogen) atoms. The van der Waals surface area contributed by atoms with Gasteiger partial charge in [-0.05, 0) is 18.4 Å². The Balaban J connectivity index is 1.97. The predicted octanol–water partition coefficient (Wildman–Crippen LogP) is 2.61. The minimum Gasteiger partial charge on any atom is -0.452 e. The third-order valence-corrected chi connectivity index (χ3v) is 3.82. The van der Waals surface area contributed by atoms with Gasteiger partial charge >= 0.3 is 5.97 Å². The van der Waals surface area contributed by atoms with Crippen LogP contribution >= 0.6 is 0 Å². The van der Waals surface area contributed by atoms with Crippen molar-refractivity contribution in [2.75, 3.05) is 0 Å². The molecule has 1 aromatic carbocycles. The van der Waals surface area contributed by atoms with Gasteiger partial charge in [0.2, 0.25) is 0 Å². The molecule has 1 aliphatic carbocycles. The average Bonchev–Trinajstić information content (AvgIpc) is 2.48. The summed E-state index contributed by atoms with van der Waals surface area (Å²) >= 11 is 0. The molecule has 114 valence electrons. The maximum absolute atomic E-state index is 12.4. The molecule has 1 fully saturated rings. The fourth-order valence-corrected chi connectivity index (χ4v) is 2.76. The number of esters is 1. The molecule has 2 rings (SSSR count). The van der Waals surface area contributed by atoms with E-state index in [9.17, 15) is 9.59 Å². The van der Waals surface area contributed by atoms with Crippen molar-refractivity contribution in [1.82, 2.24) is 5.32 Å². The molecule has 1 amide bonds. The van der Waals surface area contributed by atoms with Crippen LogP contribution in [0.4, 0.5) is 0 Å². The summed E-state index contributed by atoms with van der Waals surface area (Å²) in [4.78, 5) is 23.6. The maximum Gasteiger partial charge on any atom is 0.303 e. The van der Waals surface area contributed by atoms with Gasteiger partial charge in [-0.3, -0.25) is 9.59 Å². The van der Waals surface area contributed by atoms with E-state index in [4.69, 9.17) is 4.74 Å². The van der Waals surface area contributed by atoms with E-state index in [1.54, 1.807) is 0 Å². The fraction of sp³-hybridized carbons (Fsp3) is 0.529. The van der Waals surface area contributed by atoms with Gasteiger partial charge < -0.3 is 10.1 Å². The summed E-state index contributed by atoms with van der Waals surface area (Å²) in [6, 6.07) is 9.85. The summed E-state index contributed by atoms with van der Waals surface area (Å²) in [6.45, 7) is 1.34. The summed E-state index contributed by atoms with van der Waals surface area (Å²) in [7, 11) is 0. The molecular weight excluding hydrogens is 266 g/mol. The lowest BCUT2D eigenvalue weighted by molar-refractivity contribution is -0.154. The Hall–Kier alpha value is -1.84. The third-order valence-electron chi connectivity index (χ3n) is 3.82. The van der Waals surface area contributed by atoms with Crippen LogP contribution < -0.4 is 5.32 Å². The molecule has 0 aromatic heterocycles. The number of benzene rings is 1. The Kier molecular flexibility index (Phi) is 5.78. The van der Waals surface area contributed by atoms with Gasteiger partial charge in [-0.25, -0.2) is 0 Å². The average molecular weight is 289 g/mol. The standard InChI is InChI=1S/C17H23NO3/c1-13(19)21-16(12-14-8-4-2-5-9-14)17(20)18-15-10-6-3-7-11-15/h2,4-5,8-9,15-16H,3,6-7,10-12H2,1H3,(H,18,20). The highest BCUT2D eigenvalue weighted by atomic mass is 16.5. The van der Waals surface area contributed by atoms with E-state index < -0.39 is 12.1 Å². The van der Waals surface area contributed by atoms with Gasteiger partial charge in [0.1, 0.15) is 0 Å². The first kappa shape index (κ1) is 15.5. The molecule has 0 heterocycles. The smallest absolute Gasteiger partial charge is 0.303 e. The van der Waals surface area contributed by atoms with E-state index in [-0.39, 0.29) is 11.9 Å². The van der Waals surface area contributed by atoms with Gasteiger partial charge in [0.15, 0.2) is 6.10 Å². The first-order chi connectivity index (χ1) is 10.1. The Morgan fingerprint density at radius 2 is 1.86 bits per heavy atom. The normalized spacial score (nSPS) is 17.0. The molecule has 0 bridgehead atoms. The van der Waals surface area contributed by atoms with E-state index in [0.29, 0.717) is 6.42 Å². The maximum atomic E-state index is 12.4. The number of carbonyl (C=O) groups excluding carboxylic acids is 2. The molecule has 1 unspecified atom stereocenters. The highest BCUT2D eigenvalue weighted by Crippen LogP contribution is 2.18. The van der Waals surface area contributed by atoms with Crippen LogP contribution in [0.5, 0.6) is 0 Å². The van der Waals surface area contributed by atoms with Gasteiger partial charge in [0.05, 0.1) is 0 Å². The van der Waals surface area contributed by atoms with Crippen LogP contribution in [0.2, 0.25) is 0 Å². The summed E-state index contributed by atoms with van der Waals surface area (Å²) in [5, 5.41) is 3.03. The number of nitrogens with one attached hydrogen (secondary N) is 1. The highest BCUT2D eigenvalue weighted by Gasteiger charge is 2.25. The van der Waals surface area contributed by atoms with Crippen molar-refractivity contribution in [1.29, 1.82) is 0 Å². The number of carbonyl (C=O) groups is 2. The quantitative estimate of drug-likeness (QED) is 0.848. The Morgan fingerprint density at radius 1 is 1.19 bits per heavy atom. The second kappa shape index (κ2) is 7.81. The van der Waals surface area contributed by atoms with Crippen molar-refractivity contribution < 1.29 is 14.3 Å². The van der Waals surface area contributed by atoms with Gasteiger partial charge in [-0.2, -0.15) is 0 Å². The molecule has 1 aliphatic rings. The monoisotopic (exact) mass is 289 g/mol. The molecular formula is C17H23NO3. The van der Waals surface area contributed by atoms with Crippen LogP contribution in [0.25, 0.3) is 0 Å². The number of rotatable bonds is 5. The van der Waals surface area contributed by atoms with Crippen molar-refractivity contribution in [2.24, 2.45) is 0 Å². The zero-order valence-electron chi connectivity index (χ0n) is 12.5.